The monoisotopic (exact) mass is 402 g/mol. The smallest absolute Gasteiger partial charge is 0.274 e. The fraction of sp³-hybridized carbons (Fsp3) is 0.350. The number of benzene rings is 1. The van der Waals surface area contributed by atoms with Crippen molar-refractivity contribution in [2.45, 2.75) is 47.4 Å². The maximum absolute atomic E-state index is 12.7. The zero-order chi connectivity index (χ0) is 20.3. The molecule has 148 valence electrons. The van der Waals surface area contributed by atoms with Crippen LogP contribution in [0.15, 0.2) is 28.9 Å². The van der Waals surface area contributed by atoms with Crippen LogP contribution in [0.5, 0.6) is 5.75 Å². The predicted octanol–water partition coefficient (Wildman–Crippen LogP) is 3.98. The second-order valence-electron chi connectivity index (χ2n) is 6.51. The van der Waals surface area contributed by atoms with Crippen LogP contribution in [0.4, 0.5) is 0 Å². The van der Waals surface area contributed by atoms with Gasteiger partial charge in [-0.3, -0.25) is 9.48 Å². The Morgan fingerprint density at radius 1 is 1.29 bits per heavy atom. The lowest BCUT2D eigenvalue weighted by atomic mass is 10.1. The molecule has 0 bridgehead atoms. The Morgan fingerprint density at radius 3 is 2.68 bits per heavy atom. The molecular formula is C20H23ClN4O3. The number of hydrogen-bond donors (Lipinski definition) is 1. The van der Waals surface area contributed by atoms with E-state index in [4.69, 9.17) is 20.9 Å². The number of aromatic nitrogens is 3. The van der Waals surface area contributed by atoms with Crippen LogP contribution in [0.1, 0.15) is 45.6 Å². The summed E-state index contributed by atoms with van der Waals surface area (Å²) in [5, 5.41) is 11.4. The van der Waals surface area contributed by atoms with Crippen LogP contribution in [0, 0.1) is 20.8 Å². The first kappa shape index (κ1) is 19.9. The molecular weight excluding hydrogens is 380 g/mol. The Morgan fingerprint density at radius 2 is 2.00 bits per heavy atom. The van der Waals surface area contributed by atoms with E-state index in [1.165, 1.54) is 0 Å². The molecule has 0 aliphatic rings. The third kappa shape index (κ3) is 4.04. The summed E-state index contributed by atoms with van der Waals surface area (Å²) in [7, 11) is 0. The van der Waals surface area contributed by atoms with E-state index in [9.17, 15) is 4.79 Å². The van der Waals surface area contributed by atoms with Crippen molar-refractivity contribution in [3.8, 4) is 5.75 Å². The Hall–Kier alpha value is -2.80. The fourth-order valence-electron chi connectivity index (χ4n) is 2.99. The zero-order valence-electron chi connectivity index (χ0n) is 16.4. The van der Waals surface area contributed by atoms with Gasteiger partial charge in [-0.05, 0) is 38.8 Å². The molecule has 1 N–H and O–H groups in total. The molecule has 0 aliphatic heterocycles. The van der Waals surface area contributed by atoms with Crippen molar-refractivity contribution in [3.05, 3.63) is 63.3 Å². The lowest BCUT2D eigenvalue weighted by Gasteiger charge is -2.12. The summed E-state index contributed by atoms with van der Waals surface area (Å²) in [6.45, 7) is 8.78. The van der Waals surface area contributed by atoms with E-state index in [0.717, 1.165) is 22.6 Å². The second-order valence-corrected chi connectivity index (χ2v) is 6.92. The van der Waals surface area contributed by atoms with Crippen LogP contribution in [-0.4, -0.2) is 20.8 Å². The van der Waals surface area contributed by atoms with E-state index in [1.54, 1.807) is 17.8 Å². The fourth-order valence-corrected chi connectivity index (χ4v) is 3.20. The van der Waals surface area contributed by atoms with E-state index in [0.29, 0.717) is 22.9 Å². The first-order valence-corrected chi connectivity index (χ1v) is 9.42. The van der Waals surface area contributed by atoms with Gasteiger partial charge >= 0.3 is 0 Å². The molecule has 0 aliphatic carbocycles. The molecule has 1 aromatic carbocycles. The number of ether oxygens (including phenoxy) is 1. The van der Waals surface area contributed by atoms with Crippen molar-refractivity contribution < 1.29 is 14.1 Å². The molecule has 2 aromatic heterocycles. The first-order valence-electron chi connectivity index (χ1n) is 9.04. The molecule has 0 saturated carbocycles. The average molecular weight is 403 g/mol. The highest BCUT2D eigenvalue weighted by Gasteiger charge is 2.21. The van der Waals surface area contributed by atoms with Gasteiger partial charge in [-0.25, -0.2) is 0 Å². The summed E-state index contributed by atoms with van der Waals surface area (Å²) in [5.74, 6) is 0.998. The first-order chi connectivity index (χ1) is 13.4. The molecule has 0 radical (unpaired) electrons. The number of carbonyl (C=O) groups excluding carboxylic acids is 1. The highest BCUT2D eigenvalue weighted by atomic mass is 35.5. The van der Waals surface area contributed by atoms with Gasteiger partial charge in [-0.1, -0.05) is 35.0 Å². The lowest BCUT2D eigenvalue weighted by Crippen LogP contribution is -2.26. The Balaban J connectivity index is 1.73. The second kappa shape index (κ2) is 8.48. The van der Waals surface area contributed by atoms with Gasteiger partial charge in [-0.2, -0.15) is 5.10 Å². The Kier molecular flexibility index (Phi) is 6.04. The lowest BCUT2D eigenvalue weighted by molar-refractivity contribution is 0.0938. The van der Waals surface area contributed by atoms with E-state index in [1.807, 2.05) is 39.0 Å². The van der Waals surface area contributed by atoms with Crippen LogP contribution in [0.25, 0.3) is 0 Å². The molecule has 0 unspecified atom stereocenters. The van der Waals surface area contributed by atoms with Gasteiger partial charge in [0.1, 0.15) is 18.1 Å². The number of halogens is 1. The SMILES string of the molecule is CCn1ncc(Cl)c1CNC(=O)c1noc(C)c1COc1c(C)cccc1C. The van der Waals surface area contributed by atoms with Crippen molar-refractivity contribution in [1.29, 1.82) is 0 Å². The number of nitrogens with one attached hydrogen (secondary N) is 1. The standard InChI is InChI=1S/C20H23ClN4O3/c1-5-25-17(16(21)9-23-25)10-22-20(26)18-15(14(4)28-24-18)11-27-19-12(2)7-6-8-13(19)3/h6-9H,5,10-11H2,1-4H3,(H,22,26). The molecule has 7 nitrogen and oxygen atoms in total. The molecule has 3 rings (SSSR count). The maximum atomic E-state index is 12.7. The average Bonchev–Trinajstić information content (AvgIpc) is 3.21. The topological polar surface area (TPSA) is 82.2 Å². The Labute approximate surface area is 168 Å². The summed E-state index contributed by atoms with van der Waals surface area (Å²) in [6.07, 6.45) is 1.57. The van der Waals surface area contributed by atoms with Crippen LogP contribution in [-0.2, 0) is 19.7 Å². The number of rotatable bonds is 7. The quantitative estimate of drug-likeness (QED) is 0.646. The summed E-state index contributed by atoms with van der Waals surface area (Å²) >= 11 is 6.15. The molecule has 0 fully saturated rings. The highest BCUT2D eigenvalue weighted by Crippen LogP contribution is 2.25. The minimum atomic E-state index is -0.350. The third-order valence-corrected chi connectivity index (χ3v) is 4.90. The van der Waals surface area contributed by atoms with Crippen molar-refractivity contribution >= 4 is 17.5 Å². The van der Waals surface area contributed by atoms with Gasteiger partial charge in [0.25, 0.3) is 5.91 Å². The highest BCUT2D eigenvalue weighted by molar-refractivity contribution is 6.31. The molecule has 0 atom stereocenters. The minimum absolute atomic E-state index is 0.192. The van der Waals surface area contributed by atoms with Crippen LogP contribution < -0.4 is 10.1 Å². The molecule has 28 heavy (non-hydrogen) atoms. The van der Waals surface area contributed by atoms with E-state index in [2.05, 4.69) is 15.6 Å². The van der Waals surface area contributed by atoms with E-state index in [-0.39, 0.29) is 24.8 Å². The molecule has 0 saturated heterocycles. The van der Waals surface area contributed by atoms with Crippen molar-refractivity contribution in [2.75, 3.05) is 0 Å². The predicted molar refractivity (Wildman–Crippen MR) is 106 cm³/mol. The zero-order valence-corrected chi connectivity index (χ0v) is 17.1. The molecule has 3 aromatic rings. The molecule has 2 heterocycles. The van der Waals surface area contributed by atoms with Gasteiger partial charge in [0.15, 0.2) is 5.69 Å². The van der Waals surface area contributed by atoms with Crippen LogP contribution >= 0.6 is 11.6 Å². The van der Waals surface area contributed by atoms with Crippen molar-refractivity contribution in [2.24, 2.45) is 0 Å². The van der Waals surface area contributed by atoms with Gasteiger partial charge in [0, 0.05) is 6.54 Å². The summed E-state index contributed by atoms with van der Waals surface area (Å²) in [5.41, 5.74) is 3.63. The van der Waals surface area contributed by atoms with Crippen molar-refractivity contribution in [3.63, 3.8) is 0 Å². The van der Waals surface area contributed by atoms with Gasteiger partial charge < -0.3 is 14.6 Å². The summed E-state index contributed by atoms with van der Waals surface area (Å²) in [4.78, 5) is 12.7. The van der Waals surface area contributed by atoms with E-state index >= 15 is 0 Å². The summed E-state index contributed by atoms with van der Waals surface area (Å²) in [6, 6.07) is 5.95. The maximum Gasteiger partial charge on any atom is 0.274 e. The summed E-state index contributed by atoms with van der Waals surface area (Å²) < 4.78 is 12.9. The molecule has 0 spiro atoms. The van der Waals surface area contributed by atoms with Crippen LogP contribution in [0.3, 0.4) is 0 Å². The molecule has 1 amide bonds. The van der Waals surface area contributed by atoms with Gasteiger partial charge in [-0.15, -0.1) is 0 Å². The third-order valence-electron chi connectivity index (χ3n) is 4.58. The number of amides is 1. The number of aryl methyl sites for hydroxylation is 4. The van der Waals surface area contributed by atoms with E-state index < -0.39 is 0 Å². The Bertz CT molecular complexity index is 973. The number of para-hydroxylation sites is 1. The number of carbonyl (C=O) groups is 1. The number of nitrogens with zero attached hydrogens (tertiary/aromatic N) is 3. The minimum Gasteiger partial charge on any atom is -0.488 e. The van der Waals surface area contributed by atoms with Gasteiger partial charge in [0.2, 0.25) is 0 Å². The molecule has 8 heteroatoms. The van der Waals surface area contributed by atoms with Gasteiger partial charge in [0.05, 0.1) is 29.0 Å². The largest absolute Gasteiger partial charge is 0.488 e. The van der Waals surface area contributed by atoms with Crippen molar-refractivity contribution in [1.82, 2.24) is 20.3 Å². The number of hydrogen-bond acceptors (Lipinski definition) is 5. The van der Waals surface area contributed by atoms with Crippen LogP contribution in [0.2, 0.25) is 5.02 Å². The normalized spacial score (nSPS) is 10.9.